The summed E-state index contributed by atoms with van der Waals surface area (Å²) in [4.78, 5) is 18.0. The van der Waals surface area contributed by atoms with Gasteiger partial charge < -0.3 is 15.3 Å². The fourth-order valence-corrected chi connectivity index (χ4v) is 2.37. The van der Waals surface area contributed by atoms with E-state index in [9.17, 15) is 13.2 Å². The van der Waals surface area contributed by atoms with E-state index in [1.165, 1.54) is 10.8 Å². The highest BCUT2D eigenvalue weighted by molar-refractivity contribution is 7.85. The Morgan fingerprint density at radius 3 is 1.97 bits per heavy atom. The lowest BCUT2D eigenvalue weighted by Gasteiger charge is -2.15. The third kappa shape index (κ3) is 8.48. The number of aromatic nitrogens is 1. The predicted octanol–water partition coefficient (Wildman–Crippen LogP) is 2.02. The molecule has 0 atom stereocenters. The summed E-state index contributed by atoms with van der Waals surface area (Å²) >= 11 is 0. The van der Waals surface area contributed by atoms with E-state index in [0.717, 1.165) is 11.1 Å². The summed E-state index contributed by atoms with van der Waals surface area (Å²) in [5, 5.41) is 0. The highest BCUT2D eigenvalue weighted by atomic mass is 32.2. The van der Waals surface area contributed by atoms with Crippen molar-refractivity contribution >= 4 is 10.1 Å². The summed E-state index contributed by atoms with van der Waals surface area (Å²) in [6.07, 6.45) is 2.27. The maximum absolute atomic E-state index is 12.2. The van der Waals surface area contributed by atoms with E-state index in [-0.39, 0.29) is 17.7 Å². The molecule has 1 aromatic heterocycles. The van der Waals surface area contributed by atoms with Crippen LogP contribution in [0.2, 0.25) is 0 Å². The standard InChI is InChI=1S/C20H20N2O3.CH4O3S/c21-12-18-11-19(23)20(24-14-16-7-3-1-4-8-16)13-22(18)25-15-17-9-5-2-6-10-17;1-5(2,3)4/h1-11,13H,12,14-15,21H2;1H3,(H,2,3,4). The van der Waals surface area contributed by atoms with Gasteiger partial charge in [0.05, 0.1) is 18.1 Å². The average molecular weight is 432 g/mol. The molecular weight excluding hydrogens is 408 g/mol. The summed E-state index contributed by atoms with van der Waals surface area (Å²) in [6, 6.07) is 20.9. The summed E-state index contributed by atoms with van der Waals surface area (Å²) in [5.41, 5.74) is 8.11. The van der Waals surface area contributed by atoms with E-state index in [0.29, 0.717) is 25.2 Å². The Kier molecular flexibility index (Phi) is 8.60. The van der Waals surface area contributed by atoms with Gasteiger partial charge in [-0.15, -0.1) is 0 Å². The smallest absolute Gasteiger partial charge is 0.261 e. The van der Waals surface area contributed by atoms with Crippen molar-refractivity contribution in [3.8, 4) is 5.75 Å². The molecule has 0 aliphatic heterocycles. The third-order valence-corrected chi connectivity index (χ3v) is 3.72. The van der Waals surface area contributed by atoms with Crippen LogP contribution in [0.15, 0.2) is 77.7 Å². The second-order valence-electron chi connectivity index (χ2n) is 6.29. The molecule has 0 unspecified atom stereocenters. The molecule has 0 aliphatic carbocycles. The van der Waals surface area contributed by atoms with E-state index in [4.69, 9.17) is 19.9 Å². The molecule has 9 heteroatoms. The predicted molar refractivity (Wildman–Crippen MR) is 114 cm³/mol. The molecule has 0 radical (unpaired) electrons. The second-order valence-corrected chi connectivity index (χ2v) is 7.76. The molecule has 3 aromatic rings. The van der Waals surface area contributed by atoms with Crippen LogP contribution >= 0.6 is 0 Å². The van der Waals surface area contributed by atoms with Crippen molar-refractivity contribution in [1.82, 2.24) is 4.73 Å². The van der Waals surface area contributed by atoms with Crippen LogP contribution in [-0.4, -0.2) is 24.0 Å². The Labute approximate surface area is 175 Å². The van der Waals surface area contributed by atoms with Crippen molar-refractivity contribution in [2.75, 3.05) is 6.26 Å². The van der Waals surface area contributed by atoms with Crippen molar-refractivity contribution in [2.24, 2.45) is 5.73 Å². The number of hydrogen-bond donors (Lipinski definition) is 2. The van der Waals surface area contributed by atoms with E-state index in [1.807, 2.05) is 60.7 Å². The van der Waals surface area contributed by atoms with Gasteiger partial charge in [-0.1, -0.05) is 60.7 Å². The van der Waals surface area contributed by atoms with Gasteiger partial charge in [-0.25, -0.2) is 0 Å². The zero-order chi connectivity index (χ0) is 22.0. The fourth-order valence-electron chi connectivity index (χ4n) is 2.37. The Morgan fingerprint density at radius 2 is 1.47 bits per heavy atom. The fraction of sp³-hybridized carbons (Fsp3) is 0.190. The van der Waals surface area contributed by atoms with Gasteiger partial charge in [0.1, 0.15) is 13.2 Å². The molecule has 0 aliphatic rings. The number of benzene rings is 2. The van der Waals surface area contributed by atoms with Crippen LogP contribution in [0.25, 0.3) is 0 Å². The van der Waals surface area contributed by atoms with Gasteiger partial charge in [0, 0.05) is 12.6 Å². The highest BCUT2D eigenvalue weighted by Crippen LogP contribution is 2.10. The molecule has 3 rings (SSSR count). The first-order valence-electron chi connectivity index (χ1n) is 8.98. The molecule has 0 fully saturated rings. The lowest BCUT2D eigenvalue weighted by Crippen LogP contribution is -2.22. The van der Waals surface area contributed by atoms with Crippen molar-refractivity contribution < 1.29 is 22.5 Å². The van der Waals surface area contributed by atoms with Crippen LogP contribution in [0.5, 0.6) is 5.75 Å². The van der Waals surface area contributed by atoms with Gasteiger partial charge in [-0.2, -0.15) is 13.1 Å². The normalized spacial score (nSPS) is 10.6. The molecule has 1 heterocycles. The molecule has 3 N–H and O–H groups in total. The molecule has 0 amide bonds. The van der Waals surface area contributed by atoms with Crippen molar-refractivity contribution in [3.05, 3.63) is 100.0 Å². The lowest BCUT2D eigenvalue weighted by molar-refractivity contribution is 0.0869. The van der Waals surface area contributed by atoms with Gasteiger partial charge in [0.25, 0.3) is 10.1 Å². The van der Waals surface area contributed by atoms with Gasteiger partial charge in [0.15, 0.2) is 5.75 Å². The number of hydrogen-bond acceptors (Lipinski definition) is 6. The number of nitrogens with zero attached hydrogens (tertiary/aromatic N) is 1. The van der Waals surface area contributed by atoms with Gasteiger partial charge >= 0.3 is 0 Å². The Bertz CT molecular complexity index is 1080. The molecule has 8 nitrogen and oxygen atoms in total. The molecule has 0 spiro atoms. The van der Waals surface area contributed by atoms with Crippen LogP contribution in [0.1, 0.15) is 16.8 Å². The maximum atomic E-state index is 12.2. The molecule has 0 bridgehead atoms. The summed E-state index contributed by atoms with van der Waals surface area (Å²) in [5.74, 6) is 0.231. The van der Waals surface area contributed by atoms with Crippen LogP contribution < -0.4 is 20.7 Å². The van der Waals surface area contributed by atoms with E-state index < -0.39 is 10.1 Å². The summed E-state index contributed by atoms with van der Waals surface area (Å²) < 4.78 is 33.0. The van der Waals surface area contributed by atoms with Gasteiger partial charge in [-0.3, -0.25) is 9.35 Å². The minimum absolute atomic E-state index is 0.197. The minimum Gasteiger partial charge on any atom is -0.483 e. The Hall–Kier alpha value is -3.14. The van der Waals surface area contributed by atoms with E-state index >= 15 is 0 Å². The van der Waals surface area contributed by atoms with Crippen molar-refractivity contribution in [3.63, 3.8) is 0 Å². The first-order valence-corrected chi connectivity index (χ1v) is 10.8. The van der Waals surface area contributed by atoms with Gasteiger partial charge in [0.2, 0.25) is 5.43 Å². The van der Waals surface area contributed by atoms with Crippen LogP contribution in [0.3, 0.4) is 0 Å². The van der Waals surface area contributed by atoms with E-state index in [1.54, 1.807) is 6.20 Å². The summed E-state index contributed by atoms with van der Waals surface area (Å²) in [6.45, 7) is 0.883. The number of rotatable bonds is 7. The molecule has 0 saturated heterocycles. The zero-order valence-corrected chi connectivity index (χ0v) is 17.3. The first-order chi connectivity index (χ1) is 14.3. The quantitative estimate of drug-likeness (QED) is 0.548. The topological polar surface area (TPSA) is 121 Å². The number of ether oxygens (including phenoxy) is 1. The molecule has 160 valence electrons. The monoisotopic (exact) mass is 432 g/mol. The van der Waals surface area contributed by atoms with Crippen molar-refractivity contribution in [1.29, 1.82) is 0 Å². The van der Waals surface area contributed by atoms with Crippen LogP contribution in [0.4, 0.5) is 0 Å². The third-order valence-electron chi connectivity index (χ3n) is 3.72. The highest BCUT2D eigenvalue weighted by Gasteiger charge is 2.08. The molecule has 30 heavy (non-hydrogen) atoms. The number of nitrogens with two attached hydrogens (primary N) is 1. The zero-order valence-electron chi connectivity index (χ0n) is 16.5. The summed E-state index contributed by atoms with van der Waals surface area (Å²) in [7, 11) is -3.67. The average Bonchev–Trinajstić information content (AvgIpc) is 2.72. The number of pyridine rings is 1. The first kappa shape index (κ1) is 23.1. The van der Waals surface area contributed by atoms with Crippen molar-refractivity contribution in [2.45, 2.75) is 19.8 Å². The second kappa shape index (κ2) is 11.1. The SMILES string of the molecule is CS(=O)(=O)O.NCc1cc(=O)c(OCc2ccccc2)cn1OCc1ccccc1. The molecule has 2 aromatic carbocycles. The van der Waals surface area contributed by atoms with Crippen LogP contribution in [0, 0.1) is 0 Å². The van der Waals surface area contributed by atoms with E-state index in [2.05, 4.69) is 0 Å². The lowest BCUT2D eigenvalue weighted by atomic mass is 10.2. The van der Waals surface area contributed by atoms with Gasteiger partial charge in [-0.05, 0) is 11.1 Å². The largest absolute Gasteiger partial charge is 0.483 e. The Morgan fingerprint density at radius 1 is 0.967 bits per heavy atom. The maximum Gasteiger partial charge on any atom is 0.261 e. The molecular formula is C21H24N2O6S. The Balaban J connectivity index is 0.000000575. The van der Waals surface area contributed by atoms with Crippen LogP contribution in [-0.2, 0) is 29.9 Å². The molecule has 0 saturated carbocycles. The minimum atomic E-state index is -3.67.